The van der Waals surface area contributed by atoms with E-state index in [9.17, 15) is 4.79 Å². The maximum absolute atomic E-state index is 11.1. The molecule has 0 fully saturated rings. The van der Waals surface area contributed by atoms with Crippen LogP contribution in [0.3, 0.4) is 0 Å². The maximum atomic E-state index is 11.1. The van der Waals surface area contributed by atoms with E-state index < -0.39 is 0 Å². The van der Waals surface area contributed by atoms with E-state index in [1.165, 1.54) is 9.75 Å². The van der Waals surface area contributed by atoms with Crippen molar-refractivity contribution in [3.8, 4) is 0 Å². The molecule has 0 saturated heterocycles. The van der Waals surface area contributed by atoms with E-state index in [0.717, 1.165) is 13.0 Å². The predicted octanol–water partition coefficient (Wildman–Crippen LogP) is 1.54. The number of likely N-dealkylation sites (N-methyl/N-ethyl adjacent to an activating group) is 1. The van der Waals surface area contributed by atoms with Gasteiger partial charge in [-0.25, -0.2) is 0 Å². The van der Waals surface area contributed by atoms with E-state index in [4.69, 9.17) is 0 Å². The molecule has 1 rings (SSSR count). The van der Waals surface area contributed by atoms with Gasteiger partial charge in [-0.2, -0.15) is 0 Å². The lowest BCUT2D eigenvalue weighted by Crippen LogP contribution is -2.33. The summed E-state index contributed by atoms with van der Waals surface area (Å²) in [6.07, 6.45) is 1.08. The summed E-state index contributed by atoms with van der Waals surface area (Å²) in [5.74, 6) is 0.0600. The minimum absolute atomic E-state index is 0.0600. The van der Waals surface area contributed by atoms with Gasteiger partial charge in [0.2, 0.25) is 5.91 Å². The fourth-order valence-electron chi connectivity index (χ4n) is 1.27. The van der Waals surface area contributed by atoms with Crippen LogP contribution < -0.4 is 10.6 Å². The van der Waals surface area contributed by atoms with Crippen LogP contribution in [0.25, 0.3) is 0 Å². The summed E-state index contributed by atoms with van der Waals surface area (Å²) in [5.41, 5.74) is 0. The maximum Gasteiger partial charge on any atom is 0.233 e. The van der Waals surface area contributed by atoms with E-state index >= 15 is 0 Å². The molecule has 1 aromatic rings. The lowest BCUT2D eigenvalue weighted by molar-refractivity contribution is -0.120. The molecule has 0 radical (unpaired) electrons. The molecular formula is C11H18N2OS. The molecule has 0 aliphatic heterocycles. The molecule has 3 nitrogen and oxygen atoms in total. The van der Waals surface area contributed by atoms with Crippen molar-refractivity contribution in [1.29, 1.82) is 0 Å². The Bertz CT molecular complexity index is 309. The van der Waals surface area contributed by atoms with E-state index in [1.54, 1.807) is 11.3 Å². The fraction of sp³-hybridized carbons (Fsp3) is 0.545. The van der Waals surface area contributed by atoms with Crippen molar-refractivity contribution in [3.63, 3.8) is 0 Å². The lowest BCUT2D eigenvalue weighted by Gasteiger charge is -2.02. The van der Waals surface area contributed by atoms with E-state index in [-0.39, 0.29) is 5.91 Å². The average Bonchev–Trinajstić information content (AvgIpc) is 2.66. The van der Waals surface area contributed by atoms with Crippen LogP contribution in [0.1, 0.15) is 23.6 Å². The van der Waals surface area contributed by atoms with Gasteiger partial charge < -0.3 is 10.6 Å². The van der Waals surface area contributed by atoms with Gasteiger partial charge >= 0.3 is 0 Å². The zero-order chi connectivity index (χ0) is 11.1. The molecule has 1 aromatic heterocycles. The minimum atomic E-state index is 0.0600. The van der Waals surface area contributed by atoms with Crippen molar-refractivity contribution >= 4 is 17.2 Å². The summed E-state index contributed by atoms with van der Waals surface area (Å²) < 4.78 is 0. The smallest absolute Gasteiger partial charge is 0.233 e. The van der Waals surface area contributed by atoms with Crippen LogP contribution in [0, 0.1) is 0 Å². The van der Waals surface area contributed by atoms with Crippen LogP contribution in [0.4, 0.5) is 0 Å². The summed E-state index contributed by atoms with van der Waals surface area (Å²) in [4.78, 5) is 13.8. The molecule has 1 heterocycles. The highest BCUT2D eigenvalue weighted by Crippen LogP contribution is 2.16. The van der Waals surface area contributed by atoms with Gasteiger partial charge in [-0.05, 0) is 25.5 Å². The first-order valence-corrected chi connectivity index (χ1v) is 6.13. The fourth-order valence-corrected chi connectivity index (χ4v) is 2.19. The van der Waals surface area contributed by atoms with Gasteiger partial charge in [-0.15, -0.1) is 11.3 Å². The summed E-state index contributed by atoms with van der Waals surface area (Å²) in [5, 5.41) is 5.87. The minimum Gasteiger partial charge on any atom is -0.355 e. The number of hydrogen-bond acceptors (Lipinski definition) is 3. The Kier molecular flexibility index (Phi) is 5.36. The Labute approximate surface area is 94.9 Å². The van der Waals surface area contributed by atoms with Crippen LogP contribution in [-0.4, -0.2) is 19.0 Å². The van der Waals surface area contributed by atoms with E-state index in [2.05, 4.69) is 29.7 Å². The van der Waals surface area contributed by atoms with Crippen LogP contribution in [-0.2, 0) is 17.8 Å². The molecule has 0 aliphatic rings. The Morgan fingerprint density at radius 3 is 2.67 bits per heavy atom. The molecule has 0 spiro atoms. The van der Waals surface area contributed by atoms with Gasteiger partial charge in [0.1, 0.15) is 0 Å². The van der Waals surface area contributed by atoms with Gasteiger partial charge in [0.25, 0.3) is 0 Å². The van der Waals surface area contributed by atoms with Gasteiger partial charge in [0.05, 0.1) is 6.54 Å². The van der Waals surface area contributed by atoms with E-state index in [0.29, 0.717) is 13.1 Å². The average molecular weight is 226 g/mol. The standard InChI is InChI=1S/C11H18N2OS/c1-3-9-5-6-10(15-9)7-12-8-11(14)13-4-2/h5-6,12H,3-4,7-8H2,1-2H3,(H,13,14). The highest BCUT2D eigenvalue weighted by molar-refractivity contribution is 7.11. The number of amides is 1. The lowest BCUT2D eigenvalue weighted by atomic mass is 10.3. The molecule has 4 heteroatoms. The molecular weight excluding hydrogens is 208 g/mol. The van der Waals surface area contributed by atoms with Crippen molar-refractivity contribution in [3.05, 3.63) is 21.9 Å². The van der Waals surface area contributed by atoms with Crippen LogP contribution in [0.5, 0.6) is 0 Å². The Balaban J connectivity index is 2.22. The first kappa shape index (κ1) is 12.2. The van der Waals surface area contributed by atoms with Crippen LogP contribution in [0.15, 0.2) is 12.1 Å². The molecule has 0 saturated carbocycles. The monoisotopic (exact) mass is 226 g/mol. The number of carbonyl (C=O) groups is 1. The quantitative estimate of drug-likeness (QED) is 0.772. The second kappa shape index (κ2) is 6.58. The summed E-state index contributed by atoms with van der Waals surface area (Å²) >= 11 is 1.80. The number of rotatable bonds is 6. The first-order valence-electron chi connectivity index (χ1n) is 5.31. The van der Waals surface area contributed by atoms with Crippen molar-refractivity contribution in [2.24, 2.45) is 0 Å². The van der Waals surface area contributed by atoms with Gasteiger partial charge in [0, 0.05) is 22.8 Å². The largest absolute Gasteiger partial charge is 0.355 e. The molecule has 0 aromatic carbocycles. The Morgan fingerprint density at radius 2 is 2.07 bits per heavy atom. The van der Waals surface area contributed by atoms with Crippen LogP contribution in [0.2, 0.25) is 0 Å². The second-order valence-electron chi connectivity index (χ2n) is 3.28. The van der Waals surface area contributed by atoms with Gasteiger partial charge in [-0.1, -0.05) is 6.92 Å². The van der Waals surface area contributed by atoms with E-state index in [1.807, 2.05) is 6.92 Å². The van der Waals surface area contributed by atoms with Crippen molar-refractivity contribution in [2.45, 2.75) is 26.8 Å². The third kappa shape index (κ3) is 4.44. The second-order valence-corrected chi connectivity index (χ2v) is 4.53. The molecule has 1 amide bonds. The summed E-state index contributed by atoms with van der Waals surface area (Å²) in [6, 6.07) is 4.27. The first-order chi connectivity index (χ1) is 7.26. The highest BCUT2D eigenvalue weighted by Gasteiger charge is 2.00. The predicted molar refractivity (Wildman–Crippen MR) is 64.1 cm³/mol. The molecule has 0 atom stereocenters. The third-order valence-electron chi connectivity index (χ3n) is 2.02. The third-order valence-corrected chi connectivity index (χ3v) is 3.25. The number of carbonyl (C=O) groups excluding carboxylic acids is 1. The molecule has 0 bridgehead atoms. The normalized spacial score (nSPS) is 10.3. The number of aryl methyl sites for hydroxylation is 1. The van der Waals surface area contributed by atoms with Crippen molar-refractivity contribution in [2.75, 3.05) is 13.1 Å². The number of nitrogens with one attached hydrogen (secondary N) is 2. The number of thiophene rings is 1. The van der Waals surface area contributed by atoms with Crippen molar-refractivity contribution < 1.29 is 4.79 Å². The van der Waals surface area contributed by atoms with Gasteiger partial charge in [-0.3, -0.25) is 4.79 Å². The number of hydrogen-bond donors (Lipinski definition) is 2. The van der Waals surface area contributed by atoms with Crippen molar-refractivity contribution in [1.82, 2.24) is 10.6 Å². The zero-order valence-electron chi connectivity index (χ0n) is 9.30. The summed E-state index contributed by atoms with van der Waals surface area (Å²) in [6.45, 7) is 5.94. The topological polar surface area (TPSA) is 41.1 Å². The Hall–Kier alpha value is -0.870. The van der Waals surface area contributed by atoms with Gasteiger partial charge in [0.15, 0.2) is 0 Å². The van der Waals surface area contributed by atoms with Crippen LogP contribution >= 0.6 is 11.3 Å². The zero-order valence-corrected chi connectivity index (χ0v) is 10.1. The molecule has 84 valence electrons. The summed E-state index contributed by atoms with van der Waals surface area (Å²) in [7, 11) is 0. The molecule has 2 N–H and O–H groups in total. The SMILES string of the molecule is CCNC(=O)CNCc1ccc(CC)s1. The molecule has 0 aliphatic carbocycles. The molecule has 15 heavy (non-hydrogen) atoms. The molecule has 0 unspecified atom stereocenters. The Morgan fingerprint density at radius 1 is 1.33 bits per heavy atom. The highest BCUT2D eigenvalue weighted by atomic mass is 32.1.